The molecule has 1 aliphatic heterocycles. The van der Waals surface area contributed by atoms with Gasteiger partial charge in [-0.25, -0.2) is 4.79 Å². The summed E-state index contributed by atoms with van der Waals surface area (Å²) < 4.78 is 0. The Labute approximate surface area is 208 Å². The maximum Gasteiger partial charge on any atom is 0.326 e. The number of benzene rings is 3. The van der Waals surface area contributed by atoms with E-state index >= 15 is 0 Å². The van der Waals surface area contributed by atoms with E-state index < -0.39 is 12.0 Å². The Morgan fingerprint density at radius 2 is 1.75 bits per heavy atom. The third-order valence-electron chi connectivity index (χ3n) is 6.49. The van der Waals surface area contributed by atoms with Crippen molar-refractivity contribution >= 4 is 34.2 Å². The van der Waals surface area contributed by atoms with Crippen molar-refractivity contribution in [1.29, 1.82) is 0 Å². The predicted molar refractivity (Wildman–Crippen MR) is 138 cm³/mol. The van der Waals surface area contributed by atoms with Gasteiger partial charge in [0, 0.05) is 23.2 Å². The molecule has 180 valence electrons. The smallest absolute Gasteiger partial charge is 0.326 e. The van der Waals surface area contributed by atoms with Crippen LogP contribution in [0.25, 0.3) is 22.0 Å². The van der Waals surface area contributed by atoms with Gasteiger partial charge in [0.15, 0.2) is 0 Å². The molecule has 36 heavy (non-hydrogen) atoms. The molecule has 0 saturated carbocycles. The SMILES string of the molecule is CC(C)[C@@H](C(=O)O)N1Cc2ccc(-c3ccc(NC(=O)c4ccc5ccccc5c4)cn3)cc2C1=O. The Morgan fingerprint density at radius 1 is 0.972 bits per heavy atom. The number of anilines is 1. The standard InChI is InChI=1S/C29H25N3O4/c1-17(2)26(29(35)36)32-16-22-10-8-20(14-24(22)28(32)34)25-12-11-23(15-30-25)31-27(33)21-9-7-18-5-3-4-6-19(18)13-21/h3-15,17,26H,16H2,1-2H3,(H,31,33)(H,35,36)/t26-/m0/s1. The summed E-state index contributed by atoms with van der Waals surface area (Å²) in [4.78, 5) is 43.4. The van der Waals surface area contributed by atoms with Gasteiger partial charge in [-0.15, -0.1) is 0 Å². The summed E-state index contributed by atoms with van der Waals surface area (Å²) >= 11 is 0. The third kappa shape index (κ3) is 4.31. The highest BCUT2D eigenvalue weighted by molar-refractivity contribution is 6.06. The average Bonchev–Trinajstić information content (AvgIpc) is 3.19. The second-order valence-electron chi connectivity index (χ2n) is 9.28. The topological polar surface area (TPSA) is 99.6 Å². The van der Waals surface area contributed by atoms with Gasteiger partial charge in [-0.3, -0.25) is 14.6 Å². The van der Waals surface area contributed by atoms with E-state index in [0.717, 1.165) is 21.9 Å². The summed E-state index contributed by atoms with van der Waals surface area (Å²) in [6.07, 6.45) is 1.58. The number of carbonyl (C=O) groups excluding carboxylic acids is 2. The second-order valence-corrected chi connectivity index (χ2v) is 9.28. The summed E-state index contributed by atoms with van der Waals surface area (Å²) in [5, 5.41) is 14.5. The van der Waals surface area contributed by atoms with Gasteiger partial charge in [-0.05, 0) is 52.6 Å². The highest BCUT2D eigenvalue weighted by Crippen LogP contribution is 2.31. The Kier molecular flexibility index (Phi) is 5.98. The van der Waals surface area contributed by atoms with Gasteiger partial charge in [0.05, 0.1) is 17.6 Å². The molecular formula is C29H25N3O4. The van der Waals surface area contributed by atoms with E-state index in [1.807, 2.05) is 48.5 Å². The van der Waals surface area contributed by atoms with Gasteiger partial charge in [0.2, 0.25) is 0 Å². The zero-order valence-corrected chi connectivity index (χ0v) is 19.9. The van der Waals surface area contributed by atoms with Crippen LogP contribution in [-0.2, 0) is 11.3 Å². The summed E-state index contributed by atoms with van der Waals surface area (Å²) in [6.45, 7) is 3.87. The van der Waals surface area contributed by atoms with Crippen LogP contribution in [0.1, 0.15) is 40.1 Å². The molecule has 3 aromatic carbocycles. The lowest BCUT2D eigenvalue weighted by atomic mass is 10.0. The van der Waals surface area contributed by atoms with E-state index in [-0.39, 0.29) is 24.3 Å². The van der Waals surface area contributed by atoms with Crippen LogP contribution >= 0.6 is 0 Å². The maximum absolute atomic E-state index is 13.0. The molecule has 0 aliphatic carbocycles. The Balaban J connectivity index is 1.33. The third-order valence-corrected chi connectivity index (χ3v) is 6.49. The first-order chi connectivity index (χ1) is 17.3. The molecule has 0 spiro atoms. The molecule has 0 radical (unpaired) electrons. The van der Waals surface area contributed by atoms with Crippen LogP contribution in [0.4, 0.5) is 5.69 Å². The van der Waals surface area contributed by atoms with Gasteiger partial charge in [-0.1, -0.05) is 56.3 Å². The predicted octanol–water partition coefficient (Wildman–Crippen LogP) is 5.22. The monoisotopic (exact) mass is 479 g/mol. The highest BCUT2D eigenvalue weighted by Gasteiger charge is 2.38. The van der Waals surface area contributed by atoms with Crippen molar-refractivity contribution in [2.24, 2.45) is 5.92 Å². The van der Waals surface area contributed by atoms with E-state index in [9.17, 15) is 19.5 Å². The Hall–Kier alpha value is -4.52. The van der Waals surface area contributed by atoms with Crippen LogP contribution in [0.5, 0.6) is 0 Å². The molecule has 1 aliphatic rings. The van der Waals surface area contributed by atoms with E-state index in [0.29, 0.717) is 22.5 Å². The molecule has 2 amide bonds. The number of fused-ring (bicyclic) bond motifs is 2. The number of carbonyl (C=O) groups is 3. The van der Waals surface area contributed by atoms with Crippen molar-refractivity contribution in [3.05, 3.63) is 95.7 Å². The molecule has 0 fully saturated rings. The molecule has 1 atom stereocenters. The lowest BCUT2D eigenvalue weighted by Crippen LogP contribution is -2.44. The zero-order chi connectivity index (χ0) is 25.4. The number of hydrogen-bond donors (Lipinski definition) is 2. The number of hydrogen-bond acceptors (Lipinski definition) is 4. The van der Waals surface area contributed by atoms with Gasteiger partial charge in [0.1, 0.15) is 6.04 Å². The Bertz CT molecular complexity index is 1490. The molecule has 2 heterocycles. The van der Waals surface area contributed by atoms with E-state index in [2.05, 4.69) is 10.3 Å². The summed E-state index contributed by atoms with van der Waals surface area (Å²) in [5.74, 6) is -1.72. The minimum Gasteiger partial charge on any atom is -0.480 e. The number of aliphatic carboxylic acids is 1. The molecule has 5 rings (SSSR count). The van der Waals surface area contributed by atoms with Crippen LogP contribution in [0, 0.1) is 5.92 Å². The minimum absolute atomic E-state index is 0.209. The zero-order valence-electron chi connectivity index (χ0n) is 19.9. The fourth-order valence-corrected chi connectivity index (χ4v) is 4.66. The van der Waals surface area contributed by atoms with Crippen molar-refractivity contribution in [2.75, 3.05) is 5.32 Å². The number of amides is 2. The largest absolute Gasteiger partial charge is 0.480 e. The number of rotatable bonds is 6. The molecule has 7 nitrogen and oxygen atoms in total. The lowest BCUT2D eigenvalue weighted by molar-refractivity contribution is -0.144. The van der Waals surface area contributed by atoms with Crippen LogP contribution < -0.4 is 5.32 Å². The normalized spacial score (nSPS) is 13.6. The molecule has 2 N–H and O–H groups in total. The summed E-state index contributed by atoms with van der Waals surface area (Å²) in [7, 11) is 0. The van der Waals surface area contributed by atoms with Gasteiger partial charge in [-0.2, -0.15) is 0 Å². The van der Waals surface area contributed by atoms with Crippen LogP contribution in [0.2, 0.25) is 0 Å². The average molecular weight is 480 g/mol. The number of nitrogens with one attached hydrogen (secondary N) is 1. The first-order valence-corrected chi connectivity index (χ1v) is 11.7. The molecule has 0 bridgehead atoms. The minimum atomic E-state index is -1.01. The van der Waals surface area contributed by atoms with Crippen molar-refractivity contribution in [1.82, 2.24) is 9.88 Å². The van der Waals surface area contributed by atoms with Crippen LogP contribution in [0.3, 0.4) is 0 Å². The second kappa shape index (κ2) is 9.26. The van der Waals surface area contributed by atoms with Crippen molar-refractivity contribution in [3.8, 4) is 11.3 Å². The summed E-state index contributed by atoms with van der Waals surface area (Å²) in [6, 6.07) is 21.6. The van der Waals surface area contributed by atoms with Gasteiger partial charge >= 0.3 is 5.97 Å². The van der Waals surface area contributed by atoms with Crippen molar-refractivity contribution in [3.63, 3.8) is 0 Å². The van der Waals surface area contributed by atoms with E-state index in [1.165, 1.54) is 4.90 Å². The van der Waals surface area contributed by atoms with Crippen molar-refractivity contribution < 1.29 is 19.5 Å². The molecular weight excluding hydrogens is 454 g/mol. The molecule has 0 saturated heterocycles. The lowest BCUT2D eigenvalue weighted by Gasteiger charge is -2.27. The fourth-order valence-electron chi connectivity index (χ4n) is 4.66. The van der Waals surface area contributed by atoms with Crippen molar-refractivity contribution in [2.45, 2.75) is 26.4 Å². The fraction of sp³-hybridized carbons (Fsp3) is 0.172. The molecule has 7 heteroatoms. The van der Waals surface area contributed by atoms with Gasteiger partial charge < -0.3 is 15.3 Å². The Morgan fingerprint density at radius 3 is 2.44 bits per heavy atom. The molecule has 0 unspecified atom stereocenters. The molecule has 4 aromatic rings. The van der Waals surface area contributed by atoms with Crippen LogP contribution in [0.15, 0.2) is 79.0 Å². The van der Waals surface area contributed by atoms with Gasteiger partial charge in [0.25, 0.3) is 11.8 Å². The summed E-state index contributed by atoms with van der Waals surface area (Å²) in [5.41, 5.74) is 3.80. The number of carboxylic acid groups (broad SMARTS) is 1. The van der Waals surface area contributed by atoms with E-state index in [1.54, 1.807) is 44.3 Å². The number of aromatic nitrogens is 1. The molecule has 1 aromatic heterocycles. The van der Waals surface area contributed by atoms with Crippen LogP contribution in [-0.4, -0.2) is 38.8 Å². The maximum atomic E-state index is 13.0. The first-order valence-electron chi connectivity index (χ1n) is 11.7. The first kappa shape index (κ1) is 23.2. The number of carboxylic acids is 1. The highest BCUT2D eigenvalue weighted by atomic mass is 16.4. The quantitative estimate of drug-likeness (QED) is 0.395. The number of pyridine rings is 1. The number of nitrogens with zero attached hydrogens (tertiary/aromatic N) is 2. The van der Waals surface area contributed by atoms with E-state index in [4.69, 9.17) is 0 Å².